The molecule has 1 amide bonds. The molecule has 0 saturated carbocycles. The maximum absolute atomic E-state index is 15.3. The van der Waals surface area contributed by atoms with E-state index in [1.165, 1.54) is 6.07 Å². The van der Waals surface area contributed by atoms with Gasteiger partial charge in [-0.2, -0.15) is 0 Å². The van der Waals surface area contributed by atoms with Gasteiger partial charge in [-0.05, 0) is 91.2 Å². The van der Waals surface area contributed by atoms with Crippen LogP contribution in [0.2, 0.25) is 0 Å². The molecule has 5 aromatic rings. The Morgan fingerprint density at radius 1 is 1.00 bits per heavy atom. The van der Waals surface area contributed by atoms with Crippen LogP contribution < -0.4 is 10.1 Å². The number of nitrogens with zero attached hydrogens (tertiary/aromatic N) is 4. The van der Waals surface area contributed by atoms with Gasteiger partial charge in [0.2, 0.25) is 5.91 Å². The second-order valence-corrected chi connectivity index (χ2v) is 12.1. The minimum absolute atomic E-state index is 0.0834. The van der Waals surface area contributed by atoms with Crippen LogP contribution in [-0.4, -0.2) is 52.4 Å². The van der Waals surface area contributed by atoms with Crippen LogP contribution in [0.3, 0.4) is 0 Å². The predicted molar refractivity (Wildman–Crippen MR) is 170 cm³/mol. The number of hydrogen-bond donors (Lipinski definition) is 1. The summed E-state index contributed by atoms with van der Waals surface area (Å²) in [5.74, 6) is 0.0922. The first-order valence-electron chi connectivity index (χ1n) is 14.4. The van der Waals surface area contributed by atoms with Gasteiger partial charge in [0, 0.05) is 41.9 Å². The Hall–Kier alpha value is -4.56. The normalized spacial score (nSPS) is 11.7. The van der Waals surface area contributed by atoms with Crippen LogP contribution in [0.4, 0.5) is 10.1 Å². The highest BCUT2D eigenvalue weighted by Gasteiger charge is 2.22. The van der Waals surface area contributed by atoms with Gasteiger partial charge in [-0.1, -0.05) is 32.9 Å². The zero-order valence-corrected chi connectivity index (χ0v) is 25.6. The summed E-state index contributed by atoms with van der Waals surface area (Å²) < 4.78 is 23.4. The molecular formula is C35H38FN5O2. The molecule has 0 aliphatic heterocycles. The lowest BCUT2D eigenvalue weighted by Gasteiger charge is -2.25. The largest absolute Gasteiger partial charge is 0.492 e. The second-order valence-electron chi connectivity index (χ2n) is 12.1. The van der Waals surface area contributed by atoms with Crippen LogP contribution in [0, 0.1) is 12.7 Å². The van der Waals surface area contributed by atoms with E-state index in [0.717, 1.165) is 45.9 Å². The maximum Gasteiger partial charge on any atom is 0.228 e. The Balaban J connectivity index is 1.32. The maximum atomic E-state index is 15.3. The van der Waals surface area contributed by atoms with Gasteiger partial charge >= 0.3 is 0 Å². The number of aryl methyl sites for hydroxylation is 1. The van der Waals surface area contributed by atoms with Crippen molar-refractivity contribution in [2.24, 2.45) is 0 Å². The van der Waals surface area contributed by atoms with Gasteiger partial charge in [0.25, 0.3) is 0 Å². The van der Waals surface area contributed by atoms with Crippen molar-refractivity contribution in [3.05, 3.63) is 102 Å². The smallest absolute Gasteiger partial charge is 0.228 e. The van der Waals surface area contributed by atoms with E-state index in [0.29, 0.717) is 23.4 Å². The number of nitrogens with one attached hydrogen (secondary N) is 1. The van der Waals surface area contributed by atoms with Crippen LogP contribution >= 0.6 is 0 Å². The molecule has 0 aliphatic carbocycles. The van der Waals surface area contributed by atoms with E-state index in [9.17, 15) is 4.79 Å². The Labute approximate surface area is 252 Å². The first-order valence-corrected chi connectivity index (χ1v) is 14.4. The van der Waals surface area contributed by atoms with Gasteiger partial charge in [0.05, 0.1) is 18.3 Å². The molecule has 0 bridgehead atoms. The highest BCUT2D eigenvalue weighted by atomic mass is 19.1. The summed E-state index contributed by atoms with van der Waals surface area (Å²) in [7, 11) is 4.02. The number of carbonyl (C=O) groups excluding carboxylic acids is 1. The van der Waals surface area contributed by atoms with Crippen LogP contribution in [0.15, 0.2) is 79.4 Å². The van der Waals surface area contributed by atoms with Crippen LogP contribution in [0.1, 0.15) is 37.5 Å². The summed E-state index contributed by atoms with van der Waals surface area (Å²) in [6.45, 7) is 9.65. The molecule has 3 aromatic heterocycles. The third-order valence-electron chi connectivity index (χ3n) is 7.43. The number of amides is 1. The van der Waals surface area contributed by atoms with Crippen LogP contribution in [0.25, 0.3) is 28.0 Å². The molecule has 0 unspecified atom stereocenters. The minimum Gasteiger partial charge on any atom is -0.492 e. The van der Waals surface area contributed by atoms with E-state index >= 15 is 4.39 Å². The lowest BCUT2D eigenvalue weighted by molar-refractivity contribution is -0.115. The fourth-order valence-corrected chi connectivity index (χ4v) is 5.00. The Morgan fingerprint density at radius 2 is 1.77 bits per heavy atom. The molecule has 8 heteroatoms. The first-order chi connectivity index (χ1) is 20.5. The van der Waals surface area contributed by atoms with Crippen molar-refractivity contribution in [3.63, 3.8) is 0 Å². The number of pyridine rings is 2. The number of rotatable bonds is 9. The molecule has 43 heavy (non-hydrogen) atoms. The quantitative estimate of drug-likeness (QED) is 0.205. The number of fused-ring (bicyclic) bond motifs is 1. The molecule has 5 rings (SSSR count). The summed E-state index contributed by atoms with van der Waals surface area (Å²) in [6, 6.07) is 16.8. The lowest BCUT2D eigenvalue weighted by Crippen LogP contribution is -2.22. The third-order valence-corrected chi connectivity index (χ3v) is 7.43. The molecule has 1 N–H and O–H groups in total. The van der Waals surface area contributed by atoms with Crippen molar-refractivity contribution in [2.75, 3.05) is 32.6 Å². The Bertz CT molecular complexity index is 1760. The first kappa shape index (κ1) is 29.9. The van der Waals surface area contributed by atoms with E-state index in [2.05, 4.69) is 41.0 Å². The van der Waals surface area contributed by atoms with Crippen molar-refractivity contribution >= 4 is 17.2 Å². The monoisotopic (exact) mass is 579 g/mol. The molecule has 0 aliphatic rings. The van der Waals surface area contributed by atoms with E-state index in [1.807, 2.05) is 74.1 Å². The van der Waals surface area contributed by atoms with Crippen molar-refractivity contribution in [2.45, 2.75) is 39.5 Å². The SMILES string of the molecule is Cc1cc(OCCN(C)C)c(C(C)(C)C)cc1NC(=O)Cc1ccc(-c2cnc3cc(-c4ccncc4)ccn23)cc1F. The molecule has 7 nitrogen and oxygen atoms in total. The number of halogens is 1. The van der Waals surface area contributed by atoms with E-state index in [-0.39, 0.29) is 17.7 Å². The topological polar surface area (TPSA) is 71.8 Å². The average molecular weight is 580 g/mol. The standard InChI is InChI=1S/C35H38FN5O2/c1-23-17-32(43-16-15-40(5)6)28(35(2,3)4)21-30(23)39-34(42)20-26-7-8-27(18-29(26)36)31-22-38-33-19-25(11-14-41(31)33)24-9-12-37-13-10-24/h7-14,17-19,21-22H,15-16,20H2,1-6H3,(H,39,42). The number of carbonyl (C=O) groups is 1. The molecule has 0 saturated heterocycles. The van der Waals surface area contributed by atoms with E-state index in [1.54, 1.807) is 24.7 Å². The number of imidazole rings is 1. The van der Waals surface area contributed by atoms with Crippen LogP contribution in [0.5, 0.6) is 5.75 Å². The summed E-state index contributed by atoms with van der Waals surface area (Å²) in [6.07, 6.45) is 7.09. The van der Waals surface area contributed by atoms with Crippen molar-refractivity contribution in [3.8, 4) is 28.1 Å². The van der Waals surface area contributed by atoms with E-state index < -0.39 is 5.82 Å². The van der Waals surface area contributed by atoms with Gasteiger partial charge < -0.3 is 15.0 Å². The average Bonchev–Trinajstić information content (AvgIpc) is 3.38. The van der Waals surface area contributed by atoms with Gasteiger partial charge in [-0.25, -0.2) is 9.37 Å². The molecule has 0 atom stereocenters. The Morgan fingerprint density at radius 3 is 2.47 bits per heavy atom. The van der Waals surface area contributed by atoms with Crippen molar-refractivity contribution < 1.29 is 13.9 Å². The molecule has 2 aromatic carbocycles. The molecule has 0 radical (unpaired) electrons. The summed E-state index contributed by atoms with van der Waals surface area (Å²) in [5, 5.41) is 3.00. The molecule has 0 spiro atoms. The number of hydrogen-bond acceptors (Lipinski definition) is 5. The predicted octanol–water partition coefficient (Wildman–Crippen LogP) is 6.93. The van der Waals surface area contributed by atoms with E-state index in [4.69, 9.17) is 4.74 Å². The van der Waals surface area contributed by atoms with Crippen molar-refractivity contribution in [1.82, 2.24) is 19.3 Å². The highest BCUT2D eigenvalue weighted by molar-refractivity contribution is 5.93. The number of aromatic nitrogens is 3. The summed E-state index contributed by atoms with van der Waals surface area (Å²) >= 11 is 0. The fourth-order valence-electron chi connectivity index (χ4n) is 5.00. The van der Waals surface area contributed by atoms with Gasteiger partial charge in [-0.15, -0.1) is 0 Å². The zero-order chi connectivity index (χ0) is 30.7. The van der Waals surface area contributed by atoms with Gasteiger partial charge in [0.15, 0.2) is 0 Å². The second kappa shape index (κ2) is 12.4. The van der Waals surface area contributed by atoms with Crippen molar-refractivity contribution in [1.29, 1.82) is 0 Å². The van der Waals surface area contributed by atoms with Gasteiger partial charge in [-0.3, -0.25) is 14.2 Å². The summed E-state index contributed by atoms with van der Waals surface area (Å²) in [5.41, 5.74) is 7.00. The number of ether oxygens (including phenoxy) is 1. The lowest BCUT2D eigenvalue weighted by atomic mass is 9.85. The highest BCUT2D eigenvalue weighted by Crippen LogP contribution is 2.36. The molecule has 3 heterocycles. The number of anilines is 1. The molecule has 222 valence electrons. The number of likely N-dealkylation sites (N-methyl/N-ethyl adjacent to an activating group) is 1. The third kappa shape index (κ3) is 6.92. The number of benzene rings is 2. The molecular weight excluding hydrogens is 541 g/mol. The fraction of sp³-hybridized carbons (Fsp3) is 0.286. The minimum atomic E-state index is -0.437. The summed E-state index contributed by atoms with van der Waals surface area (Å²) in [4.78, 5) is 23.8. The zero-order valence-electron chi connectivity index (χ0n) is 25.6. The molecule has 0 fully saturated rings. The van der Waals surface area contributed by atoms with Crippen LogP contribution in [-0.2, 0) is 16.6 Å². The Kier molecular flexibility index (Phi) is 8.59. The van der Waals surface area contributed by atoms with Gasteiger partial charge in [0.1, 0.15) is 23.8 Å².